The van der Waals surface area contributed by atoms with Crippen LogP contribution in [-0.4, -0.2) is 14.1 Å². The van der Waals surface area contributed by atoms with E-state index in [1.54, 1.807) is 0 Å². The molecule has 0 saturated carbocycles. The summed E-state index contributed by atoms with van der Waals surface area (Å²) in [5.74, 6) is 0. The van der Waals surface area contributed by atoms with Crippen LogP contribution >= 0.6 is 8.70 Å². The first-order valence-electron chi connectivity index (χ1n) is 6.75. The summed E-state index contributed by atoms with van der Waals surface area (Å²) in [6.45, 7) is 13.4. The predicted molar refractivity (Wildman–Crippen MR) is 88.1 cm³/mol. The van der Waals surface area contributed by atoms with Gasteiger partial charge < -0.3 is 0 Å². The zero-order valence-corrected chi connectivity index (χ0v) is 14.4. The van der Waals surface area contributed by atoms with Crippen molar-refractivity contribution in [3.63, 3.8) is 0 Å². The van der Waals surface area contributed by atoms with Gasteiger partial charge in [-0.25, -0.2) is 0 Å². The molecule has 0 heterocycles. The Hall–Kier alpha value is -0.770. The molecule has 0 fully saturated rings. The summed E-state index contributed by atoms with van der Waals surface area (Å²) >= 11 is 0. The van der Waals surface area contributed by atoms with Gasteiger partial charge in [0.15, 0.2) is 0 Å². The van der Waals surface area contributed by atoms with E-state index in [2.05, 4.69) is 87.0 Å². The third-order valence-electron chi connectivity index (χ3n) is 3.37. The fourth-order valence-corrected chi connectivity index (χ4v) is 2.43. The Morgan fingerprint density at radius 1 is 0.895 bits per heavy atom. The third-order valence-corrected chi connectivity index (χ3v) is 3.59. The molecule has 0 aliphatic rings. The van der Waals surface area contributed by atoms with Gasteiger partial charge in [0.25, 0.3) is 0 Å². The van der Waals surface area contributed by atoms with Crippen molar-refractivity contribution >= 4 is 14.4 Å². The van der Waals surface area contributed by atoms with Crippen molar-refractivity contribution in [3.8, 4) is 5.63 Å². The molecule has 1 aromatic rings. The summed E-state index contributed by atoms with van der Waals surface area (Å²) in [7, 11) is 8.51. The SMILES string of the molecule is CN(C)c1cc(C(C)(C)C)c(C#P)c(C(C)(C)C)c1. The Morgan fingerprint density at radius 3 is 1.47 bits per heavy atom. The molecule has 0 saturated heterocycles. The summed E-state index contributed by atoms with van der Waals surface area (Å²) in [5, 5.41) is 0. The van der Waals surface area contributed by atoms with E-state index in [1.165, 1.54) is 16.8 Å². The Morgan fingerprint density at radius 2 is 1.26 bits per heavy atom. The Labute approximate surface area is 120 Å². The van der Waals surface area contributed by atoms with E-state index in [0.717, 1.165) is 5.56 Å². The van der Waals surface area contributed by atoms with Crippen LogP contribution in [0.1, 0.15) is 58.2 Å². The van der Waals surface area contributed by atoms with E-state index in [1.807, 2.05) is 0 Å². The van der Waals surface area contributed by atoms with Crippen molar-refractivity contribution in [1.82, 2.24) is 0 Å². The van der Waals surface area contributed by atoms with Crippen LogP contribution in [0, 0.1) is 5.63 Å². The molecule has 0 radical (unpaired) electrons. The number of nitrogens with zero attached hydrogens (tertiary/aromatic N) is 1. The van der Waals surface area contributed by atoms with Gasteiger partial charge in [-0.05, 0) is 0 Å². The van der Waals surface area contributed by atoms with Gasteiger partial charge in [0, 0.05) is 0 Å². The van der Waals surface area contributed by atoms with E-state index in [4.69, 9.17) is 0 Å². The first-order valence-corrected chi connectivity index (χ1v) is 7.19. The van der Waals surface area contributed by atoms with Gasteiger partial charge in [-0.2, -0.15) is 0 Å². The normalized spacial score (nSPS) is 12.2. The molecule has 19 heavy (non-hydrogen) atoms. The molecule has 0 amide bonds. The van der Waals surface area contributed by atoms with Crippen LogP contribution < -0.4 is 4.90 Å². The fourth-order valence-electron chi connectivity index (χ4n) is 2.19. The molecule has 104 valence electrons. The fraction of sp³-hybridized carbons (Fsp3) is 0.588. The zero-order valence-electron chi connectivity index (χ0n) is 13.5. The zero-order chi connectivity index (χ0) is 15.0. The number of rotatable bonds is 1. The third kappa shape index (κ3) is 3.62. The van der Waals surface area contributed by atoms with Gasteiger partial charge in [0.05, 0.1) is 0 Å². The van der Waals surface area contributed by atoms with Crippen LogP contribution in [0.15, 0.2) is 12.1 Å². The Kier molecular flexibility index (Phi) is 4.55. The van der Waals surface area contributed by atoms with Crippen LogP contribution in [0.4, 0.5) is 5.69 Å². The van der Waals surface area contributed by atoms with E-state index in [0.29, 0.717) is 0 Å². The van der Waals surface area contributed by atoms with Crippen molar-refractivity contribution < 1.29 is 0 Å². The monoisotopic (exact) mass is 275 g/mol. The molecule has 0 bridgehead atoms. The molecular formula is C17H26NP. The van der Waals surface area contributed by atoms with Crippen molar-refractivity contribution in [3.05, 3.63) is 28.8 Å². The maximum absolute atomic E-state index is 4.34. The predicted octanol–water partition coefficient (Wildman–Crippen LogP) is 5.07. The summed E-state index contributed by atoms with van der Waals surface area (Å²) in [5.41, 5.74) is 8.27. The van der Waals surface area contributed by atoms with Crippen LogP contribution in [0.25, 0.3) is 0 Å². The number of benzene rings is 1. The van der Waals surface area contributed by atoms with Crippen LogP contribution in [0.5, 0.6) is 0 Å². The summed E-state index contributed by atoms with van der Waals surface area (Å²) < 4.78 is 0. The molecule has 1 nitrogen and oxygen atoms in total. The van der Waals surface area contributed by atoms with Gasteiger partial charge in [-0.15, -0.1) is 0 Å². The van der Waals surface area contributed by atoms with Gasteiger partial charge in [-0.1, -0.05) is 0 Å². The van der Waals surface area contributed by atoms with Crippen molar-refractivity contribution in [2.24, 2.45) is 0 Å². The number of hydrogen-bond acceptors (Lipinski definition) is 1. The quantitative estimate of drug-likeness (QED) is 0.647. The standard InChI is InChI=1S/C17H26NP/c1-16(2,3)14-9-12(18(7)8)10-15(13(14)11-19)17(4,5)6/h9-10H,1-8H3. The van der Waals surface area contributed by atoms with E-state index in [-0.39, 0.29) is 10.8 Å². The van der Waals surface area contributed by atoms with Gasteiger partial charge in [-0.3, -0.25) is 0 Å². The Balaban J connectivity index is 3.74. The Bertz CT molecular complexity index is 473. The van der Waals surface area contributed by atoms with Crippen LogP contribution in [0.3, 0.4) is 0 Å². The molecule has 0 aliphatic heterocycles. The molecule has 0 N–H and O–H groups in total. The summed E-state index contributed by atoms with van der Waals surface area (Å²) in [6.07, 6.45) is 0. The van der Waals surface area contributed by atoms with E-state index < -0.39 is 0 Å². The van der Waals surface area contributed by atoms with Gasteiger partial charge in [0.1, 0.15) is 0 Å². The van der Waals surface area contributed by atoms with Crippen LogP contribution in [-0.2, 0) is 10.8 Å². The minimum atomic E-state index is 0.0804. The average Bonchev–Trinajstić information content (AvgIpc) is 2.24. The topological polar surface area (TPSA) is 3.24 Å². The molecule has 1 aromatic carbocycles. The molecule has 0 atom stereocenters. The first-order chi connectivity index (χ1) is 8.48. The second-order valence-corrected chi connectivity index (χ2v) is 7.65. The first kappa shape index (κ1) is 16.3. The molecular weight excluding hydrogens is 249 g/mol. The van der Waals surface area contributed by atoms with Gasteiger partial charge in [0.2, 0.25) is 0 Å². The second-order valence-electron chi connectivity index (χ2n) is 7.42. The number of anilines is 1. The molecule has 0 unspecified atom stereocenters. The van der Waals surface area contributed by atoms with E-state index in [9.17, 15) is 0 Å². The molecule has 2 heteroatoms. The van der Waals surface area contributed by atoms with Crippen LogP contribution in [0.2, 0.25) is 0 Å². The molecule has 1 rings (SSSR count). The van der Waals surface area contributed by atoms with Crippen molar-refractivity contribution in [2.75, 3.05) is 19.0 Å². The maximum atomic E-state index is 4.34. The summed E-state index contributed by atoms with van der Waals surface area (Å²) in [6, 6.07) is 4.52. The molecule has 0 aliphatic carbocycles. The molecule has 0 aromatic heterocycles. The molecule has 0 spiro atoms. The van der Waals surface area contributed by atoms with Crippen molar-refractivity contribution in [1.29, 1.82) is 0 Å². The summed E-state index contributed by atoms with van der Waals surface area (Å²) in [4.78, 5) is 2.16. The van der Waals surface area contributed by atoms with Gasteiger partial charge >= 0.3 is 120 Å². The second kappa shape index (κ2) is 5.31. The minimum absolute atomic E-state index is 0.0804. The number of hydrogen-bond donors (Lipinski definition) is 0. The van der Waals surface area contributed by atoms with E-state index >= 15 is 0 Å². The average molecular weight is 275 g/mol. The van der Waals surface area contributed by atoms with Crippen molar-refractivity contribution in [2.45, 2.75) is 52.4 Å².